The zero-order valence-electron chi connectivity index (χ0n) is 21.3. The van der Waals surface area contributed by atoms with Gasteiger partial charge in [0, 0.05) is 12.3 Å². The number of ether oxygens (including phenoxy) is 1. The van der Waals surface area contributed by atoms with Gasteiger partial charge in [-0.25, -0.2) is 4.79 Å². The summed E-state index contributed by atoms with van der Waals surface area (Å²) in [5.41, 5.74) is 0.853. The number of unbranched alkanes of at least 4 members (excludes halogenated alkanes) is 1. The molecule has 2 N–H and O–H groups in total. The van der Waals surface area contributed by atoms with E-state index in [2.05, 4.69) is 10.6 Å². The third kappa shape index (κ3) is 12.0. The molecule has 0 bridgehead atoms. The second-order valence-corrected chi connectivity index (χ2v) is 9.78. The van der Waals surface area contributed by atoms with Gasteiger partial charge < -0.3 is 20.2 Å². The van der Waals surface area contributed by atoms with E-state index in [0.29, 0.717) is 19.3 Å². The Morgan fingerprint density at radius 3 is 2.18 bits per heavy atom. The molecular weight excluding hydrogens is 432 g/mol. The molecule has 0 saturated heterocycles. The first-order valence-electron chi connectivity index (χ1n) is 12.4. The van der Waals surface area contributed by atoms with Crippen molar-refractivity contribution in [2.45, 2.75) is 91.8 Å². The highest BCUT2D eigenvalue weighted by molar-refractivity contribution is 5.92. The lowest BCUT2D eigenvalue weighted by molar-refractivity contribution is -0.132. The topological polar surface area (TPSA) is 102 Å². The van der Waals surface area contributed by atoms with Crippen molar-refractivity contribution in [2.24, 2.45) is 17.8 Å². The van der Waals surface area contributed by atoms with Crippen LogP contribution in [0.1, 0.15) is 78.7 Å². The lowest BCUT2D eigenvalue weighted by Gasteiger charge is -2.24. The van der Waals surface area contributed by atoms with Crippen LogP contribution in [0.2, 0.25) is 0 Å². The Morgan fingerprint density at radius 2 is 1.62 bits per heavy atom. The van der Waals surface area contributed by atoms with Crippen molar-refractivity contribution in [3.05, 3.63) is 35.9 Å². The lowest BCUT2D eigenvalue weighted by Crippen LogP contribution is -2.45. The molecule has 0 heterocycles. The molecule has 3 unspecified atom stereocenters. The number of Topliss-reactive ketones (excluding diaryl/α,β-unsaturated/α-hetero) is 1. The minimum Gasteiger partial charge on any atom is -0.445 e. The van der Waals surface area contributed by atoms with E-state index in [1.54, 1.807) is 0 Å². The number of aldehydes is 1. The van der Waals surface area contributed by atoms with Gasteiger partial charge in [-0.3, -0.25) is 9.59 Å². The maximum atomic E-state index is 13.2. The summed E-state index contributed by atoms with van der Waals surface area (Å²) in [4.78, 5) is 49.9. The number of nitrogens with one attached hydrogen (secondary N) is 2. The zero-order valence-corrected chi connectivity index (χ0v) is 21.3. The van der Waals surface area contributed by atoms with Crippen LogP contribution in [-0.2, 0) is 25.7 Å². The summed E-state index contributed by atoms with van der Waals surface area (Å²) in [5.74, 6) is -0.698. The first-order valence-corrected chi connectivity index (χ1v) is 12.4. The van der Waals surface area contributed by atoms with Crippen LogP contribution in [0, 0.1) is 17.8 Å². The van der Waals surface area contributed by atoms with E-state index in [4.69, 9.17) is 4.74 Å². The van der Waals surface area contributed by atoms with Gasteiger partial charge >= 0.3 is 6.09 Å². The zero-order chi connectivity index (χ0) is 25.5. The Morgan fingerprint density at radius 1 is 0.971 bits per heavy atom. The number of hydrogen-bond acceptors (Lipinski definition) is 5. The van der Waals surface area contributed by atoms with Gasteiger partial charge in [-0.05, 0) is 36.7 Å². The molecule has 1 rings (SSSR count). The number of carbonyl (C=O) groups excluding carboxylic acids is 4. The molecule has 2 amide bonds. The normalized spacial score (nSPS) is 13.7. The van der Waals surface area contributed by atoms with E-state index in [1.165, 1.54) is 0 Å². The molecule has 34 heavy (non-hydrogen) atoms. The van der Waals surface area contributed by atoms with E-state index in [0.717, 1.165) is 24.7 Å². The SMILES string of the molecule is CCCCC(C=O)NC(=O)C(CC(=O)C(CC(C)C)NC(=O)OCc1ccccc1)CC(C)C. The van der Waals surface area contributed by atoms with Crippen molar-refractivity contribution in [3.8, 4) is 0 Å². The predicted octanol–water partition coefficient (Wildman–Crippen LogP) is 4.82. The average molecular weight is 475 g/mol. The number of ketones is 1. The molecule has 1 aromatic carbocycles. The predicted molar refractivity (Wildman–Crippen MR) is 133 cm³/mol. The summed E-state index contributed by atoms with van der Waals surface area (Å²) >= 11 is 0. The number of hydrogen-bond donors (Lipinski definition) is 2. The van der Waals surface area contributed by atoms with Crippen LogP contribution >= 0.6 is 0 Å². The number of rotatable bonds is 16. The molecule has 7 nitrogen and oxygen atoms in total. The summed E-state index contributed by atoms with van der Waals surface area (Å²) in [6, 6.07) is 8.02. The molecule has 0 aliphatic carbocycles. The van der Waals surface area contributed by atoms with Crippen LogP contribution in [0.15, 0.2) is 30.3 Å². The van der Waals surface area contributed by atoms with Gasteiger partial charge in [0.25, 0.3) is 0 Å². The molecular formula is C27H42N2O5. The van der Waals surface area contributed by atoms with E-state index in [9.17, 15) is 19.2 Å². The van der Waals surface area contributed by atoms with Gasteiger partial charge in [0.1, 0.15) is 12.9 Å². The van der Waals surface area contributed by atoms with Crippen molar-refractivity contribution >= 4 is 24.1 Å². The Balaban J connectivity index is 2.82. The molecule has 0 saturated carbocycles. The fraction of sp³-hybridized carbons (Fsp3) is 0.630. The van der Waals surface area contributed by atoms with Gasteiger partial charge in [0.05, 0.1) is 12.1 Å². The van der Waals surface area contributed by atoms with E-state index >= 15 is 0 Å². The molecule has 0 aliphatic rings. The van der Waals surface area contributed by atoms with Crippen molar-refractivity contribution in [1.29, 1.82) is 0 Å². The molecule has 0 spiro atoms. The number of alkyl carbamates (subject to hydrolysis) is 1. The smallest absolute Gasteiger partial charge is 0.408 e. The maximum absolute atomic E-state index is 13.2. The van der Waals surface area contributed by atoms with Crippen LogP contribution in [0.5, 0.6) is 0 Å². The van der Waals surface area contributed by atoms with Crippen LogP contribution in [-0.4, -0.2) is 36.2 Å². The summed E-state index contributed by atoms with van der Waals surface area (Å²) in [6.45, 7) is 10.1. The van der Waals surface area contributed by atoms with Gasteiger partial charge in [0.15, 0.2) is 5.78 Å². The summed E-state index contributed by atoms with van der Waals surface area (Å²) < 4.78 is 5.29. The first kappa shape index (κ1) is 29.3. The molecule has 3 atom stereocenters. The standard InChI is InChI=1S/C27H42N2O5/c1-6-7-13-23(17-30)28-26(32)22(14-19(2)3)16-25(31)24(15-20(4)5)29-27(33)34-18-21-11-9-8-10-12-21/h8-12,17,19-20,22-24H,6-7,13-16,18H2,1-5H3,(H,28,32)(H,29,33). The highest BCUT2D eigenvalue weighted by Gasteiger charge is 2.30. The average Bonchev–Trinajstić information content (AvgIpc) is 2.79. The number of amides is 2. The van der Waals surface area contributed by atoms with E-state index < -0.39 is 24.1 Å². The monoisotopic (exact) mass is 474 g/mol. The Labute approximate surface area is 204 Å². The van der Waals surface area contributed by atoms with Crippen LogP contribution in [0.4, 0.5) is 4.79 Å². The molecule has 0 fully saturated rings. The largest absolute Gasteiger partial charge is 0.445 e. The van der Waals surface area contributed by atoms with Crippen molar-refractivity contribution in [1.82, 2.24) is 10.6 Å². The fourth-order valence-corrected chi connectivity index (χ4v) is 3.79. The molecule has 0 aliphatic heterocycles. The van der Waals surface area contributed by atoms with Crippen LogP contribution in [0.25, 0.3) is 0 Å². The first-order chi connectivity index (χ1) is 16.2. The van der Waals surface area contributed by atoms with Crippen molar-refractivity contribution in [3.63, 3.8) is 0 Å². The lowest BCUT2D eigenvalue weighted by atomic mass is 9.88. The summed E-state index contributed by atoms with van der Waals surface area (Å²) in [6.07, 6.45) is 3.41. The molecule has 0 aromatic heterocycles. The number of carbonyl (C=O) groups is 4. The second-order valence-electron chi connectivity index (χ2n) is 9.78. The third-order valence-corrected chi connectivity index (χ3v) is 5.54. The quantitative estimate of drug-likeness (QED) is 0.334. The highest BCUT2D eigenvalue weighted by Crippen LogP contribution is 2.20. The van der Waals surface area contributed by atoms with Gasteiger partial charge in [0.2, 0.25) is 5.91 Å². The number of benzene rings is 1. The van der Waals surface area contributed by atoms with Crippen molar-refractivity contribution in [2.75, 3.05) is 0 Å². The maximum Gasteiger partial charge on any atom is 0.408 e. The Hall–Kier alpha value is -2.70. The van der Waals surface area contributed by atoms with Gasteiger partial charge in [-0.2, -0.15) is 0 Å². The molecule has 7 heteroatoms. The Kier molecular flexibility index (Phi) is 13.8. The van der Waals surface area contributed by atoms with Gasteiger partial charge in [-0.1, -0.05) is 77.8 Å². The summed E-state index contributed by atoms with van der Waals surface area (Å²) in [5, 5.41) is 5.50. The minimum absolute atomic E-state index is 0.000278. The Bertz CT molecular complexity index is 764. The second kappa shape index (κ2) is 16.0. The van der Waals surface area contributed by atoms with Gasteiger partial charge in [-0.15, -0.1) is 0 Å². The fourth-order valence-electron chi connectivity index (χ4n) is 3.79. The van der Waals surface area contributed by atoms with E-state index in [1.807, 2.05) is 65.0 Å². The molecule has 1 aromatic rings. The molecule has 190 valence electrons. The minimum atomic E-state index is -0.743. The van der Waals surface area contributed by atoms with Crippen molar-refractivity contribution < 1.29 is 23.9 Å². The third-order valence-electron chi connectivity index (χ3n) is 5.54. The van der Waals surface area contributed by atoms with Crippen LogP contribution < -0.4 is 10.6 Å². The van der Waals surface area contributed by atoms with Crippen LogP contribution in [0.3, 0.4) is 0 Å². The highest BCUT2D eigenvalue weighted by atomic mass is 16.5. The summed E-state index contributed by atoms with van der Waals surface area (Å²) in [7, 11) is 0. The molecule has 0 radical (unpaired) electrons. The van der Waals surface area contributed by atoms with E-state index in [-0.39, 0.29) is 36.6 Å².